The number of rotatable bonds is 8. The second-order valence-corrected chi connectivity index (χ2v) is 7.66. The number of hydrogen-bond acceptors (Lipinski definition) is 4. The third-order valence-electron chi connectivity index (χ3n) is 5.30. The number of esters is 1. The highest BCUT2D eigenvalue weighted by atomic mass is 16.5. The largest absolute Gasteiger partial charge is 0.478 e. The Balaban J connectivity index is 1.89. The van der Waals surface area contributed by atoms with Crippen molar-refractivity contribution in [1.82, 2.24) is 0 Å². The van der Waals surface area contributed by atoms with E-state index in [2.05, 4.69) is 13.0 Å². The number of benzene rings is 3. The first-order chi connectivity index (χ1) is 15.4. The summed E-state index contributed by atoms with van der Waals surface area (Å²) in [7, 11) is 0. The van der Waals surface area contributed by atoms with Crippen molar-refractivity contribution >= 4 is 11.9 Å². The van der Waals surface area contributed by atoms with E-state index >= 15 is 0 Å². The Morgan fingerprint density at radius 1 is 0.938 bits per heavy atom. The van der Waals surface area contributed by atoms with Gasteiger partial charge in [-0.25, -0.2) is 4.79 Å². The number of nitriles is 1. The average molecular weight is 428 g/mol. The Kier molecular flexibility index (Phi) is 7.41. The minimum Gasteiger partial charge on any atom is -0.478 e. The second-order valence-electron chi connectivity index (χ2n) is 7.66. The molecule has 3 aromatic carbocycles. The van der Waals surface area contributed by atoms with Crippen molar-refractivity contribution in [2.45, 2.75) is 39.5 Å². The normalized spacial score (nSPS) is 10.4. The third-order valence-corrected chi connectivity index (χ3v) is 5.30. The van der Waals surface area contributed by atoms with Crippen LogP contribution < -0.4 is 4.74 Å². The summed E-state index contributed by atoms with van der Waals surface area (Å²) in [5.74, 6) is -1.04. The zero-order chi connectivity index (χ0) is 23.1. The maximum Gasteiger partial charge on any atom is 0.336 e. The fourth-order valence-corrected chi connectivity index (χ4v) is 3.60. The van der Waals surface area contributed by atoms with E-state index in [9.17, 15) is 14.7 Å². The molecule has 0 fully saturated rings. The molecule has 1 N–H and O–H groups in total. The molecule has 0 aliphatic heterocycles. The van der Waals surface area contributed by atoms with Gasteiger partial charge in [-0.2, -0.15) is 5.26 Å². The lowest BCUT2D eigenvalue weighted by Crippen LogP contribution is -2.08. The number of aryl methyl sites for hydroxylation is 1. The van der Waals surface area contributed by atoms with Crippen LogP contribution in [0.5, 0.6) is 5.75 Å². The lowest BCUT2D eigenvalue weighted by molar-refractivity contribution is -0.134. The van der Waals surface area contributed by atoms with Gasteiger partial charge in [0.2, 0.25) is 0 Å². The van der Waals surface area contributed by atoms with E-state index in [1.165, 1.54) is 12.1 Å². The summed E-state index contributed by atoms with van der Waals surface area (Å²) < 4.78 is 5.43. The lowest BCUT2D eigenvalue weighted by Gasteiger charge is -2.12. The molecule has 0 aliphatic carbocycles. The number of carbonyl (C=O) groups excluding carboxylic acids is 1. The van der Waals surface area contributed by atoms with E-state index in [1.54, 1.807) is 12.1 Å². The molecule has 3 rings (SSSR count). The number of aromatic carboxylic acids is 1. The summed E-state index contributed by atoms with van der Waals surface area (Å²) in [6.07, 6.45) is 3.08. The summed E-state index contributed by atoms with van der Waals surface area (Å²) in [6.45, 7) is 4.02. The maximum absolute atomic E-state index is 12.1. The monoisotopic (exact) mass is 427 g/mol. The topological polar surface area (TPSA) is 87.4 Å². The molecule has 0 aliphatic rings. The molecule has 0 amide bonds. The van der Waals surface area contributed by atoms with Crippen molar-refractivity contribution < 1.29 is 19.4 Å². The van der Waals surface area contributed by atoms with Crippen LogP contribution in [-0.2, 0) is 4.79 Å². The Labute approximate surface area is 187 Å². The predicted molar refractivity (Wildman–Crippen MR) is 124 cm³/mol. The van der Waals surface area contributed by atoms with E-state index in [0.29, 0.717) is 28.9 Å². The van der Waals surface area contributed by atoms with Crippen LogP contribution in [0, 0.1) is 18.3 Å². The molecule has 0 bridgehead atoms. The van der Waals surface area contributed by atoms with Gasteiger partial charge in [0, 0.05) is 6.42 Å². The van der Waals surface area contributed by atoms with Crippen LogP contribution in [0.15, 0.2) is 60.7 Å². The molecular weight excluding hydrogens is 402 g/mol. The van der Waals surface area contributed by atoms with Crippen LogP contribution in [-0.4, -0.2) is 17.0 Å². The van der Waals surface area contributed by atoms with Gasteiger partial charge in [-0.3, -0.25) is 4.79 Å². The highest BCUT2D eigenvalue weighted by Crippen LogP contribution is 2.31. The fourth-order valence-electron chi connectivity index (χ4n) is 3.60. The van der Waals surface area contributed by atoms with Gasteiger partial charge < -0.3 is 9.84 Å². The zero-order valence-corrected chi connectivity index (χ0v) is 18.2. The number of carbonyl (C=O) groups is 2. The Morgan fingerprint density at radius 2 is 1.62 bits per heavy atom. The van der Waals surface area contributed by atoms with Crippen molar-refractivity contribution in [2.24, 2.45) is 0 Å². The molecule has 0 spiro atoms. The summed E-state index contributed by atoms with van der Waals surface area (Å²) in [5, 5.41) is 18.7. The van der Waals surface area contributed by atoms with Crippen molar-refractivity contribution in [3.8, 4) is 34.1 Å². The van der Waals surface area contributed by atoms with Gasteiger partial charge in [-0.15, -0.1) is 0 Å². The number of nitrogens with zero attached hydrogens (tertiary/aromatic N) is 1. The van der Waals surface area contributed by atoms with Gasteiger partial charge in [-0.1, -0.05) is 50.1 Å². The van der Waals surface area contributed by atoms with Crippen molar-refractivity contribution in [1.29, 1.82) is 5.26 Å². The van der Waals surface area contributed by atoms with Gasteiger partial charge in [0.25, 0.3) is 0 Å². The van der Waals surface area contributed by atoms with E-state index < -0.39 is 5.97 Å². The fraction of sp³-hybridized carbons (Fsp3) is 0.222. The van der Waals surface area contributed by atoms with E-state index in [1.807, 2.05) is 43.3 Å². The molecule has 5 heteroatoms. The maximum atomic E-state index is 12.1. The highest BCUT2D eigenvalue weighted by molar-refractivity contribution is 5.96. The van der Waals surface area contributed by atoms with Crippen LogP contribution >= 0.6 is 0 Å². The predicted octanol–water partition coefficient (Wildman–Crippen LogP) is 6.38. The first-order valence-corrected chi connectivity index (χ1v) is 10.6. The average Bonchev–Trinajstić information content (AvgIpc) is 2.79. The Hall–Kier alpha value is -3.91. The number of unbranched alkanes of at least 4 members (excludes halogenated alkanes) is 2. The van der Waals surface area contributed by atoms with Crippen LogP contribution in [0.1, 0.15) is 54.1 Å². The van der Waals surface area contributed by atoms with Gasteiger partial charge in [-0.05, 0) is 71.5 Å². The second kappa shape index (κ2) is 10.4. The molecule has 0 saturated carbocycles. The smallest absolute Gasteiger partial charge is 0.336 e. The van der Waals surface area contributed by atoms with Gasteiger partial charge in [0.05, 0.1) is 17.2 Å². The molecule has 0 heterocycles. The standard InChI is InChI=1S/C27H25NO4/c1-3-4-5-6-26(29)32-22-12-14-24(27(30)31)25(16-22)21-10-8-20(9-11-21)23-13-7-19(17-28)15-18(23)2/h7-16H,3-6H2,1-2H3,(H,30,31). The van der Waals surface area contributed by atoms with Crippen molar-refractivity contribution in [3.05, 3.63) is 77.4 Å². The Bertz CT molecular complexity index is 1170. The van der Waals surface area contributed by atoms with Gasteiger partial charge in [0.1, 0.15) is 5.75 Å². The molecular formula is C27H25NO4. The van der Waals surface area contributed by atoms with Crippen LogP contribution in [0.2, 0.25) is 0 Å². The van der Waals surface area contributed by atoms with Gasteiger partial charge in [0.15, 0.2) is 0 Å². The van der Waals surface area contributed by atoms with Crippen LogP contribution in [0.25, 0.3) is 22.3 Å². The molecule has 5 nitrogen and oxygen atoms in total. The molecule has 0 atom stereocenters. The van der Waals surface area contributed by atoms with E-state index in [-0.39, 0.29) is 11.5 Å². The lowest BCUT2D eigenvalue weighted by atomic mass is 9.94. The summed E-state index contributed by atoms with van der Waals surface area (Å²) in [5.41, 5.74) is 4.89. The minimum atomic E-state index is -1.05. The van der Waals surface area contributed by atoms with Crippen molar-refractivity contribution in [2.75, 3.05) is 0 Å². The third kappa shape index (κ3) is 5.41. The van der Waals surface area contributed by atoms with Crippen LogP contribution in [0.4, 0.5) is 0 Å². The Morgan fingerprint density at radius 3 is 2.22 bits per heavy atom. The van der Waals surface area contributed by atoms with Crippen molar-refractivity contribution in [3.63, 3.8) is 0 Å². The molecule has 0 saturated heterocycles. The molecule has 32 heavy (non-hydrogen) atoms. The molecule has 3 aromatic rings. The number of ether oxygens (including phenoxy) is 1. The molecule has 0 unspecified atom stereocenters. The first kappa shape index (κ1) is 22.8. The summed E-state index contributed by atoms with van der Waals surface area (Å²) in [6, 6.07) is 19.8. The zero-order valence-electron chi connectivity index (χ0n) is 18.2. The molecule has 0 radical (unpaired) electrons. The minimum absolute atomic E-state index is 0.137. The van der Waals surface area contributed by atoms with Gasteiger partial charge >= 0.3 is 11.9 Å². The number of carboxylic acid groups (broad SMARTS) is 1. The van der Waals surface area contributed by atoms with E-state index in [4.69, 9.17) is 10.00 Å². The summed E-state index contributed by atoms with van der Waals surface area (Å²) >= 11 is 0. The quantitative estimate of drug-likeness (QED) is 0.256. The first-order valence-electron chi connectivity index (χ1n) is 10.6. The molecule has 162 valence electrons. The molecule has 0 aromatic heterocycles. The van der Waals surface area contributed by atoms with E-state index in [0.717, 1.165) is 36.0 Å². The number of carboxylic acids is 1. The highest BCUT2D eigenvalue weighted by Gasteiger charge is 2.15. The number of hydrogen-bond donors (Lipinski definition) is 1. The SMILES string of the molecule is CCCCCC(=O)Oc1ccc(C(=O)O)c(-c2ccc(-c3ccc(C#N)cc3C)cc2)c1. The summed E-state index contributed by atoms with van der Waals surface area (Å²) in [4.78, 5) is 23.8. The van der Waals surface area contributed by atoms with Crippen LogP contribution in [0.3, 0.4) is 0 Å².